The van der Waals surface area contributed by atoms with Crippen molar-refractivity contribution in [2.75, 3.05) is 11.4 Å². The van der Waals surface area contributed by atoms with Crippen molar-refractivity contribution in [2.45, 2.75) is 33.1 Å². The lowest BCUT2D eigenvalue weighted by molar-refractivity contribution is -0.125. The fourth-order valence-electron chi connectivity index (χ4n) is 5.35. The summed E-state index contributed by atoms with van der Waals surface area (Å²) < 4.78 is 0. The van der Waals surface area contributed by atoms with Crippen LogP contribution in [0.3, 0.4) is 0 Å². The van der Waals surface area contributed by atoms with Crippen molar-refractivity contribution in [3.63, 3.8) is 0 Å². The molecular weight excluding hydrogens is 366 g/mol. The summed E-state index contributed by atoms with van der Waals surface area (Å²) in [4.78, 5) is 16.1. The quantitative estimate of drug-likeness (QED) is 0.530. The predicted octanol–water partition coefficient (Wildman–Crippen LogP) is 6.05. The molecule has 150 valence electrons. The van der Waals surface area contributed by atoms with Crippen molar-refractivity contribution >= 4 is 17.2 Å². The van der Waals surface area contributed by atoms with Gasteiger partial charge in [-0.05, 0) is 67.0 Å². The van der Waals surface area contributed by atoms with E-state index < -0.39 is 5.41 Å². The standard InChI is InChI=1S/C28H27NO/c1-3-29-25-16-10-9-15-23(25)26-22-14-8-7-13-21(22)17-18-24(26)28(2,27(29)30)19-20-11-5-4-6-12-20/h4-16H,3,17-19H2,1-2H3. The first kappa shape index (κ1) is 18.9. The van der Waals surface area contributed by atoms with Gasteiger partial charge in [-0.25, -0.2) is 0 Å². The van der Waals surface area contributed by atoms with E-state index in [9.17, 15) is 4.79 Å². The first-order chi connectivity index (χ1) is 14.6. The molecule has 3 aromatic carbocycles. The Hall–Kier alpha value is -3.13. The number of aryl methyl sites for hydroxylation is 1. The van der Waals surface area contributed by atoms with E-state index in [2.05, 4.69) is 80.6 Å². The second-order valence-electron chi connectivity index (χ2n) is 8.57. The molecule has 30 heavy (non-hydrogen) atoms. The number of para-hydroxylation sites is 1. The van der Waals surface area contributed by atoms with E-state index in [0.717, 1.165) is 24.9 Å². The molecule has 1 aliphatic carbocycles. The number of hydrogen-bond acceptors (Lipinski definition) is 1. The minimum atomic E-state index is -0.570. The van der Waals surface area contributed by atoms with Crippen LogP contribution in [-0.2, 0) is 17.6 Å². The second-order valence-corrected chi connectivity index (χ2v) is 8.57. The first-order valence-electron chi connectivity index (χ1n) is 10.9. The predicted molar refractivity (Wildman–Crippen MR) is 124 cm³/mol. The van der Waals surface area contributed by atoms with Gasteiger partial charge < -0.3 is 4.90 Å². The second kappa shape index (κ2) is 7.28. The SMILES string of the molecule is CCN1C(=O)C(C)(Cc2ccccc2)C2=C(c3ccccc3CC2)c2ccccc21. The van der Waals surface area contributed by atoms with Gasteiger partial charge in [-0.3, -0.25) is 4.79 Å². The van der Waals surface area contributed by atoms with E-state index in [0.29, 0.717) is 6.54 Å². The van der Waals surface area contributed by atoms with Gasteiger partial charge in [0, 0.05) is 12.1 Å². The number of fused-ring (bicyclic) bond motifs is 4. The van der Waals surface area contributed by atoms with Crippen LogP contribution in [0.15, 0.2) is 84.4 Å². The number of carbonyl (C=O) groups excluding carboxylic acids is 1. The Morgan fingerprint density at radius 3 is 2.27 bits per heavy atom. The average Bonchev–Trinajstić information content (AvgIpc) is 2.86. The molecule has 1 atom stereocenters. The normalized spacial score (nSPS) is 20.3. The molecule has 2 heteroatoms. The molecule has 3 aromatic rings. The minimum Gasteiger partial charge on any atom is -0.311 e. The summed E-state index contributed by atoms with van der Waals surface area (Å²) in [6.45, 7) is 4.92. The molecule has 0 fully saturated rings. The summed E-state index contributed by atoms with van der Waals surface area (Å²) >= 11 is 0. The molecule has 0 aromatic heterocycles. The van der Waals surface area contributed by atoms with E-state index in [4.69, 9.17) is 0 Å². The minimum absolute atomic E-state index is 0.214. The van der Waals surface area contributed by atoms with Crippen LogP contribution < -0.4 is 4.90 Å². The maximum Gasteiger partial charge on any atom is 0.237 e. The molecule has 5 rings (SSSR count). The van der Waals surface area contributed by atoms with Gasteiger partial charge in [-0.15, -0.1) is 0 Å². The van der Waals surface area contributed by atoms with Crippen LogP contribution in [0.2, 0.25) is 0 Å². The fourth-order valence-corrected chi connectivity index (χ4v) is 5.35. The van der Waals surface area contributed by atoms with Crippen molar-refractivity contribution in [3.8, 4) is 0 Å². The van der Waals surface area contributed by atoms with Crippen LogP contribution >= 0.6 is 0 Å². The highest BCUT2D eigenvalue weighted by Gasteiger charge is 2.45. The monoisotopic (exact) mass is 393 g/mol. The lowest BCUT2D eigenvalue weighted by Gasteiger charge is -2.36. The van der Waals surface area contributed by atoms with E-state index in [1.54, 1.807) is 0 Å². The Balaban J connectivity index is 1.81. The molecule has 0 spiro atoms. The Morgan fingerprint density at radius 1 is 0.833 bits per heavy atom. The lowest BCUT2D eigenvalue weighted by Crippen LogP contribution is -2.44. The Morgan fingerprint density at radius 2 is 1.50 bits per heavy atom. The van der Waals surface area contributed by atoms with Crippen LogP contribution in [0.5, 0.6) is 0 Å². The third-order valence-electron chi connectivity index (χ3n) is 6.80. The largest absolute Gasteiger partial charge is 0.311 e. The lowest BCUT2D eigenvalue weighted by atomic mass is 9.68. The number of anilines is 1. The number of nitrogens with zero attached hydrogens (tertiary/aromatic N) is 1. The zero-order valence-electron chi connectivity index (χ0n) is 17.7. The molecular formula is C28H27NO. The molecule has 0 saturated heterocycles. The summed E-state index contributed by atoms with van der Waals surface area (Å²) in [7, 11) is 0. The molecule has 0 bridgehead atoms. The Bertz CT molecular complexity index is 1140. The van der Waals surface area contributed by atoms with Crippen molar-refractivity contribution in [1.82, 2.24) is 0 Å². The van der Waals surface area contributed by atoms with Gasteiger partial charge in [-0.2, -0.15) is 0 Å². The van der Waals surface area contributed by atoms with Crippen LogP contribution in [0.1, 0.15) is 42.5 Å². The first-order valence-corrected chi connectivity index (χ1v) is 10.9. The zero-order chi connectivity index (χ0) is 20.7. The highest BCUT2D eigenvalue weighted by Crippen LogP contribution is 2.50. The molecule has 1 unspecified atom stereocenters. The molecule has 0 N–H and O–H groups in total. The summed E-state index contributed by atoms with van der Waals surface area (Å²) in [6, 6.07) is 27.6. The summed E-state index contributed by atoms with van der Waals surface area (Å²) in [6.07, 6.45) is 2.63. The van der Waals surface area contributed by atoms with Gasteiger partial charge in [0.25, 0.3) is 0 Å². The van der Waals surface area contributed by atoms with Crippen molar-refractivity contribution < 1.29 is 4.79 Å². The van der Waals surface area contributed by atoms with E-state index >= 15 is 0 Å². The van der Waals surface area contributed by atoms with Gasteiger partial charge in [0.15, 0.2) is 0 Å². The third-order valence-corrected chi connectivity index (χ3v) is 6.80. The van der Waals surface area contributed by atoms with Gasteiger partial charge in [0.1, 0.15) is 0 Å². The fraction of sp³-hybridized carbons (Fsp3) is 0.250. The van der Waals surface area contributed by atoms with Crippen molar-refractivity contribution in [1.29, 1.82) is 0 Å². The maximum atomic E-state index is 14.1. The van der Waals surface area contributed by atoms with Crippen LogP contribution in [-0.4, -0.2) is 12.5 Å². The number of rotatable bonds is 3. The van der Waals surface area contributed by atoms with Crippen molar-refractivity contribution in [3.05, 3.63) is 107 Å². The van der Waals surface area contributed by atoms with E-state index in [1.807, 2.05) is 17.0 Å². The highest BCUT2D eigenvalue weighted by atomic mass is 16.2. The molecule has 2 nitrogen and oxygen atoms in total. The summed E-state index contributed by atoms with van der Waals surface area (Å²) in [5, 5.41) is 0. The summed E-state index contributed by atoms with van der Waals surface area (Å²) in [5.74, 6) is 0.214. The molecule has 1 amide bonds. The third kappa shape index (κ3) is 2.82. The summed E-state index contributed by atoms with van der Waals surface area (Å²) in [5.41, 5.74) is 8.09. The topological polar surface area (TPSA) is 20.3 Å². The van der Waals surface area contributed by atoms with Crippen LogP contribution in [0, 0.1) is 5.41 Å². The number of carbonyl (C=O) groups is 1. The van der Waals surface area contributed by atoms with Gasteiger partial charge >= 0.3 is 0 Å². The molecule has 0 radical (unpaired) electrons. The van der Waals surface area contributed by atoms with Gasteiger partial charge in [0.2, 0.25) is 5.91 Å². The van der Waals surface area contributed by atoms with Crippen molar-refractivity contribution in [2.24, 2.45) is 5.41 Å². The van der Waals surface area contributed by atoms with E-state index in [-0.39, 0.29) is 5.91 Å². The van der Waals surface area contributed by atoms with Crippen LogP contribution in [0.25, 0.3) is 5.57 Å². The molecule has 2 aliphatic rings. The average molecular weight is 394 g/mol. The van der Waals surface area contributed by atoms with Gasteiger partial charge in [-0.1, -0.05) is 72.8 Å². The number of hydrogen-bond donors (Lipinski definition) is 0. The van der Waals surface area contributed by atoms with Gasteiger partial charge in [0.05, 0.1) is 11.1 Å². The van der Waals surface area contributed by atoms with E-state index in [1.165, 1.54) is 33.4 Å². The Labute approximate surface area is 178 Å². The molecule has 1 aliphatic heterocycles. The molecule has 0 saturated carbocycles. The number of amides is 1. The van der Waals surface area contributed by atoms with Crippen LogP contribution in [0.4, 0.5) is 5.69 Å². The maximum absolute atomic E-state index is 14.1. The molecule has 1 heterocycles. The smallest absolute Gasteiger partial charge is 0.237 e. The zero-order valence-corrected chi connectivity index (χ0v) is 17.7. The highest BCUT2D eigenvalue weighted by molar-refractivity contribution is 6.08. The Kier molecular flexibility index (Phi) is 4.58. The number of benzene rings is 3.